The van der Waals surface area contributed by atoms with E-state index < -0.39 is 5.97 Å². The molecular formula is C16H13N2O3S3-. The largest absolute Gasteiger partial charge is 0.548 e. The first kappa shape index (κ1) is 17.1. The summed E-state index contributed by atoms with van der Waals surface area (Å²) >= 11 is 7.90. The van der Waals surface area contributed by atoms with Crippen LogP contribution in [0.4, 0.5) is 5.69 Å². The van der Waals surface area contributed by atoms with Crippen molar-refractivity contribution in [2.24, 2.45) is 0 Å². The molecule has 2 aliphatic heterocycles. The summed E-state index contributed by atoms with van der Waals surface area (Å²) in [4.78, 5) is 28.0. The van der Waals surface area contributed by atoms with Crippen LogP contribution in [0.25, 0.3) is 0 Å². The number of anilines is 1. The van der Waals surface area contributed by atoms with E-state index in [0.717, 1.165) is 15.6 Å². The molecule has 0 aliphatic carbocycles. The summed E-state index contributed by atoms with van der Waals surface area (Å²) in [6, 6.07) is 7.55. The lowest BCUT2D eigenvalue weighted by molar-refractivity contribution is -0.303. The van der Waals surface area contributed by atoms with Crippen molar-refractivity contribution in [3.05, 3.63) is 46.4 Å². The normalized spacial score (nSPS) is 20.4. The van der Waals surface area contributed by atoms with Crippen LogP contribution in [0.3, 0.4) is 0 Å². The molecule has 0 N–H and O–H groups in total. The Bertz CT molecular complexity index is 789. The summed E-state index contributed by atoms with van der Waals surface area (Å²) in [6.45, 7) is 2.17. The Labute approximate surface area is 153 Å². The van der Waals surface area contributed by atoms with Gasteiger partial charge in [-0.25, -0.2) is 0 Å². The number of carboxylic acid groups (broad SMARTS) is 1. The van der Waals surface area contributed by atoms with Crippen molar-refractivity contribution in [3.8, 4) is 0 Å². The first-order valence-corrected chi connectivity index (χ1v) is 9.25. The predicted molar refractivity (Wildman–Crippen MR) is 98.4 cm³/mol. The number of aliphatic carboxylic acids is 1. The van der Waals surface area contributed by atoms with E-state index >= 15 is 0 Å². The van der Waals surface area contributed by atoms with Gasteiger partial charge in [-0.05, 0) is 31.2 Å². The standard InChI is InChI=1S/C16H14N2O3S3/c1-2-17-15(21)12(24-16(17)22)7-8-13-18(9-14(19)20)10-5-3-4-6-11(10)23-13/h3-8H,2,9H2,1H3,(H,19,20)/p-1/b12-7-,13-8+. The summed E-state index contributed by atoms with van der Waals surface area (Å²) in [5, 5.41) is 11.8. The summed E-state index contributed by atoms with van der Waals surface area (Å²) in [7, 11) is 0. The molecule has 0 saturated carbocycles. The fourth-order valence-corrected chi connectivity index (χ4v) is 4.79. The molecule has 1 aromatic rings. The fraction of sp³-hybridized carbons (Fsp3) is 0.188. The van der Waals surface area contributed by atoms with Gasteiger partial charge in [0.2, 0.25) is 0 Å². The quantitative estimate of drug-likeness (QED) is 0.587. The molecule has 124 valence electrons. The zero-order valence-electron chi connectivity index (χ0n) is 12.7. The molecule has 0 spiro atoms. The van der Waals surface area contributed by atoms with E-state index in [0.29, 0.717) is 15.8 Å². The number of carbonyl (C=O) groups excluding carboxylic acids is 2. The highest BCUT2D eigenvalue weighted by Crippen LogP contribution is 2.45. The van der Waals surface area contributed by atoms with Gasteiger partial charge in [0.05, 0.1) is 28.1 Å². The van der Waals surface area contributed by atoms with Crippen LogP contribution >= 0.6 is 35.7 Å². The Hall–Kier alpha value is -1.77. The Balaban J connectivity index is 1.90. The molecule has 2 heterocycles. The smallest absolute Gasteiger partial charge is 0.266 e. The third-order valence-corrected chi connectivity index (χ3v) is 6.02. The third-order valence-electron chi connectivity index (χ3n) is 3.49. The predicted octanol–water partition coefficient (Wildman–Crippen LogP) is 1.95. The van der Waals surface area contributed by atoms with Crippen molar-refractivity contribution in [1.29, 1.82) is 0 Å². The van der Waals surface area contributed by atoms with Gasteiger partial charge in [-0.1, -0.05) is 47.9 Å². The molecule has 0 radical (unpaired) electrons. The van der Waals surface area contributed by atoms with Gasteiger partial charge in [0, 0.05) is 11.4 Å². The van der Waals surface area contributed by atoms with E-state index in [9.17, 15) is 14.7 Å². The first-order chi connectivity index (χ1) is 11.5. The van der Waals surface area contributed by atoms with E-state index in [2.05, 4.69) is 0 Å². The number of thiocarbonyl (C=S) groups is 1. The minimum absolute atomic E-state index is 0.115. The molecule has 1 aromatic carbocycles. The van der Waals surface area contributed by atoms with E-state index in [-0.39, 0.29) is 12.5 Å². The molecule has 0 unspecified atom stereocenters. The summed E-state index contributed by atoms with van der Waals surface area (Å²) in [5.41, 5.74) is 0.826. The number of benzene rings is 1. The van der Waals surface area contributed by atoms with E-state index in [4.69, 9.17) is 12.2 Å². The Morgan fingerprint density at radius 3 is 2.67 bits per heavy atom. The number of para-hydroxylation sites is 1. The summed E-state index contributed by atoms with van der Waals surface area (Å²) < 4.78 is 0.543. The second kappa shape index (κ2) is 7.00. The number of thioether (sulfide) groups is 2. The number of nitrogens with zero attached hydrogens (tertiary/aromatic N) is 2. The molecule has 0 atom stereocenters. The van der Waals surface area contributed by atoms with Gasteiger partial charge in [-0.2, -0.15) is 0 Å². The number of amides is 1. The van der Waals surface area contributed by atoms with Crippen molar-refractivity contribution < 1.29 is 14.7 Å². The van der Waals surface area contributed by atoms with Gasteiger partial charge in [0.1, 0.15) is 4.32 Å². The molecule has 2 aliphatic rings. The van der Waals surface area contributed by atoms with Gasteiger partial charge in [-0.3, -0.25) is 9.69 Å². The molecule has 5 nitrogen and oxygen atoms in total. The monoisotopic (exact) mass is 377 g/mol. The molecule has 0 aromatic heterocycles. The van der Waals surface area contributed by atoms with Gasteiger partial charge in [-0.15, -0.1) is 0 Å². The topological polar surface area (TPSA) is 63.7 Å². The van der Waals surface area contributed by atoms with Crippen LogP contribution in [-0.2, 0) is 9.59 Å². The molecule has 8 heteroatoms. The number of carboxylic acids is 1. The maximum Gasteiger partial charge on any atom is 0.266 e. The second-order valence-electron chi connectivity index (χ2n) is 4.98. The van der Waals surface area contributed by atoms with E-state index in [1.807, 2.05) is 31.2 Å². The van der Waals surface area contributed by atoms with Crippen LogP contribution < -0.4 is 10.0 Å². The number of hydrogen-bond donors (Lipinski definition) is 0. The summed E-state index contributed by atoms with van der Waals surface area (Å²) in [5.74, 6) is -1.27. The molecule has 1 saturated heterocycles. The Morgan fingerprint density at radius 2 is 2.00 bits per heavy atom. The van der Waals surface area contributed by atoms with Crippen LogP contribution in [0.1, 0.15) is 6.92 Å². The van der Waals surface area contributed by atoms with Crippen molar-refractivity contribution >= 4 is 57.6 Å². The zero-order valence-corrected chi connectivity index (χ0v) is 15.2. The number of allylic oxidation sites excluding steroid dienone is 2. The maximum absolute atomic E-state index is 12.2. The maximum atomic E-state index is 12.2. The molecule has 3 rings (SSSR count). The number of likely N-dealkylation sites (N-methyl/N-ethyl adjacent to an activating group) is 1. The number of fused-ring (bicyclic) bond motifs is 1. The number of rotatable bonds is 4. The van der Waals surface area contributed by atoms with Crippen LogP contribution in [0, 0.1) is 0 Å². The van der Waals surface area contributed by atoms with Crippen LogP contribution in [0.15, 0.2) is 51.2 Å². The van der Waals surface area contributed by atoms with Crippen molar-refractivity contribution in [3.63, 3.8) is 0 Å². The van der Waals surface area contributed by atoms with Crippen molar-refractivity contribution in [2.75, 3.05) is 18.0 Å². The van der Waals surface area contributed by atoms with E-state index in [1.54, 1.807) is 22.0 Å². The SMILES string of the molecule is CCN1C(=O)/C(=C/C=C2/Sc3ccccc3N2CC(=O)[O-])SC1=S. The van der Waals surface area contributed by atoms with Crippen LogP contribution in [0.2, 0.25) is 0 Å². The minimum Gasteiger partial charge on any atom is -0.548 e. The van der Waals surface area contributed by atoms with Gasteiger partial charge < -0.3 is 14.8 Å². The van der Waals surface area contributed by atoms with Gasteiger partial charge in [0.25, 0.3) is 5.91 Å². The lowest BCUT2D eigenvalue weighted by Gasteiger charge is -2.20. The Morgan fingerprint density at radius 1 is 1.25 bits per heavy atom. The molecule has 0 bridgehead atoms. The van der Waals surface area contributed by atoms with E-state index in [1.165, 1.54) is 23.5 Å². The van der Waals surface area contributed by atoms with Crippen LogP contribution in [0.5, 0.6) is 0 Å². The summed E-state index contributed by atoms with van der Waals surface area (Å²) in [6.07, 6.45) is 3.46. The second-order valence-corrected chi connectivity index (χ2v) is 7.72. The van der Waals surface area contributed by atoms with Crippen molar-refractivity contribution in [1.82, 2.24) is 4.90 Å². The number of carbonyl (C=O) groups is 2. The highest BCUT2D eigenvalue weighted by Gasteiger charge is 2.30. The van der Waals surface area contributed by atoms with Crippen LogP contribution in [-0.4, -0.2) is 34.2 Å². The lowest BCUT2D eigenvalue weighted by Crippen LogP contribution is -2.36. The van der Waals surface area contributed by atoms with Gasteiger partial charge in [0.15, 0.2) is 0 Å². The average Bonchev–Trinajstić information content (AvgIpc) is 3.02. The third kappa shape index (κ3) is 3.22. The van der Waals surface area contributed by atoms with Gasteiger partial charge >= 0.3 is 0 Å². The minimum atomic E-state index is -1.16. The number of hydrogen-bond acceptors (Lipinski definition) is 7. The highest BCUT2D eigenvalue weighted by molar-refractivity contribution is 8.26. The molecule has 1 amide bonds. The zero-order chi connectivity index (χ0) is 17.3. The van der Waals surface area contributed by atoms with Crippen molar-refractivity contribution in [2.45, 2.75) is 11.8 Å². The average molecular weight is 377 g/mol. The highest BCUT2D eigenvalue weighted by atomic mass is 32.2. The molecular weight excluding hydrogens is 364 g/mol. The molecule has 24 heavy (non-hydrogen) atoms. The molecule has 1 fully saturated rings. The first-order valence-electron chi connectivity index (χ1n) is 7.21. The Kier molecular flexibility index (Phi) is 4.98. The fourth-order valence-electron chi connectivity index (χ4n) is 2.40. The lowest BCUT2D eigenvalue weighted by atomic mass is 10.3.